The molecule has 0 rings (SSSR count). The van der Waals surface area contributed by atoms with Gasteiger partial charge in [-0.25, -0.2) is 0 Å². The number of hydrogen-bond acceptors (Lipinski definition) is 6. The van der Waals surface area contributed by atoms with E-state index in [9.17, 15) is 0 Å². The summed E-state index contributed by atoms with van der Waals surface area (Å²) in [5.74, 6) is 0. The van der Waals surface area contributed by atoms with E-state index in [1.54, 1.807) is 0 Å². The summed E-state index contributed by atoms with van der Waals surface area (Å²) in [6.07, 6.45) is 0. The van der Waals surface area contributed by atoms with Gasteiger partial charge in [-0.2, -0.15) is 0 Å². The fraction of sp³-hybridized carbons (Fsp3) is 0. The van der Waals surface area contributed by atoms with Gasteiger partial charge in [0, 0.05) is 0 Å². The van der Waals surface area contributed by atoms with E-state index < -0.39 is 12.4 Å². The fourth-order valence-electron chi connectivity index (χ4n) is 0.265. The maximum absolute atomic E-state index is 8.59. The summed E-state index contributed by atoms with van der Waals surface area (Å²) in [6, 6.07) is 0. The monoisotopic (exact) mass is 294 g/mol. The summed E-state index contributed by atoms with van der Waals surface area (Å²) >= 11 is -6.55. The van der Waals surface area contributed by atoms with Gasteiger partial charge in [-0.1, -0.05) is 0 Å². The zero-order chi connectivity index (χ0) is 10.7. The zero-order valence-electron chi connectivity index (χ0n) is 8.04. The predicted molar refractivity (Wildman–Crippen MR) is 45.6 cm³/mol. The molecular weight excluding hydrogens is 285 g/mol. The molecule has 0 fully saturated rings. The van der Waals surface area contributed by atoms with E-state index in [2.05, 4.69) is 0 Å². The van der Waals surface area contributed by atoms with Crippen molar-refractivity contribution in [3.05, 3.63) is 0 Å². The van der Waals surface area contributed by atoms with Crippen molar-refractivity contribution in [2.75, 3.05) is 0 Å². The van der Waals surface area contributed by atoms with Crippen molar-refractivity contribution in [2.24, 2.45) is 0 Å². The number of nitrogens with zero attached hydrogens (tertiary/aromatic N) is 6. The van der Waals surface area contributed by atoms with Gasteiger partial charge >= 0.3 is 72.0 Å². The SMILES string of the molecule is N#[C][Ru-2]([C]#N)([C]#N)([C]#N)([C]#N)[C]#N.[NH4+].[NH4+]. The van der Waals surface area contributed by atoms with Crippen LogP contribution in [0.4, 0.5) is 0 Å². The molecule has 0 aliphatic rings. The molecule has 0 atom stereocenters. The van der Waals surface area contributed by atoms with Crippen LogP contribution in [0.5, 0.6) is 0 Å². The van der Waals surface area contributed by atoms with Crippen molar-refractivity contribution in [3.63, 3.8) is 0 Å². The minimum atomic E-state index is -6.55. The Bertz CT molecular complexity index is 389. The summed E-state index contributed by atoms with van der Waals surface area (Å²) in [7, 11) is 0. The van der Waals surface area contributed by atoms with Crippen LogP contribution in [0.1, 0.15) is 0 Å². The van der Waals surface area contributed by atoms with E-state index in [0.29, 0.717) is 0 Å². The number of hydrogen-bond donors (Lipinski definition) is 2. The van der Waals surface area contributed by atoms with E-state index >= 15 is 0 Å². The average molecular weight is 293 g/mol. The van der Waals surface area contributed by atoms with E-state index in [1.165, 1.54) is 0 Å². The topological polar surface area (TPSA) is 216 Å². The Kier molecular flexibility index (Phi) is 4.51. The molecule has 80 valence electrons. The number of quaternary nitrogens is 2. The summed E-state index contributed by atoms with van der Waals surface area (Å²) in [5.41, 5.74) is 0. The van der Waals surface area contributed by atoms with E-state index in [-0.39, 0.29) is 12.3 Å². The second kappa shape index (κ2) is 3.69. The molecule has 0 aliphatic heterocycles. The molecule has 0 aromatic heterocycles. The van der Waals surface area contributed by atoms with Crippen molar-refractivity contribution in [3.8, 4) is 28.0 Å². The van der Waals surface area contributed by atoms with Crippen LogP contribution in [0.15, 0.2) is 0 Å². The molecule has 15 heavy (non-hydrogen) atoms. The molecule has 8 N–H and O–H groups in total. The second-order valence-corrected chi connectivity index (χ2v) is 10.6. The first-order chi connectivity index (χ1) is 5.97. The Hall–Kier alpha value is -2.52. The fourth-order valence-corrected chi connectivity index (χ4v) is 1.57. The molecular formula is C6H8N8Ru. The minimum Gasteiger partial charge on any atom is -0.369 e. The van der Waals surface area contributed by atoms with Gasteiger partial charge in [0.1, 0.15) is 0 Å². The predicted octanol–water partition coefficient (Wildman–Crippen LogP) is 0.851. The van der Waals surface area contributed by atoms with Gasteiger partial charge in [-0.05, 0) is 0 Å². The Morgan fingerprint density at radius 1 is 0.467 bits per heavy atom. The van der Waals surface area contributed by atoms with Gasteiger partial charge in [0.05, 0.1) is 0 Å². The minimum absolute atomic E-state index is 0. The first kappa shape index (κ1) is 18.3. The van der Waals surface area contributed by atoms with Crippen LogP contribution in [-0.4, -0.2) is 0 Å². The molecule has 0 bridgehead atoms. The van der Waals surface area contributed by atoms with Gasteiger partial charge in [0.2, 0.25) is 0 Å². The van der Waals surface area contributed by atoms with Crippen LogP contribution in [0.2, 0.25) is 0 Å². The summed E-state index contributed by atoms with van der Waals surface area (Å²) in [6.45, 7) is 0. The number of rotatable bonds is 0. The smallest absolute Gasteiger partial charge is 0.369 e. The molecule has 0 amide bonds. The molecule has 0 heterocycles. The van der Waals surface area contributed by atoms with E-state index in [0.717, 1.165) is 28.0 Å². The maximum atomic E-state index is 8.59. The summed E-state index contributed by atoms with van der Waals surface area (Å²) in [5, 5.41) is 51.6. The van der Waals surface area contributed by atoms with Gasteiger partial charge in [0.25, 0.3) is 0 Å². The Labute approximate surface area is 84.6 Å². The third-order valence-electron chi connectivity index (χ3n) is 1.19. The van der Waals surface area contributed by atoms with Gasteiger partial charge in [-0.3, -0.25) is 0 Å². The quantitative estimate of drug-likeness (QED) is 0.616. The zero-order valence-corrected chi connectivity index (χ0v) is 9.77. The molecule has 0 radical (unpaired) electrons. The Balaban J connectivity index is -0.000000720. The van der Waals surface area contributed by atoms with Crippen LogP contribution < -0.4 is 12.3 Å². The molecule has 0 aromatic carbocycles. The molecule has 0 aromatic rings. The van der Waals surface area contributed by atoms with Gasteiger partial charge < -0.3 is 12.3 Å². The summed E-state index contributed by atoms with van der Waals surface area (Å²) < 4.78 is 6.37. The molecule has 8 nitrogen and oxygen atoms in total. The molecule has 0 saturated carbocycles. The van der Waals surface area contributed by atoms with Crippen molar-refractivity contribution in [1.82, 2.24) is 12.3 Å². The van der Waals surface area contributed by atoms with Gasteiger partial charge in [-0.15, -0.1) is 0 Å². The third-order valence-corrected chi connectivity index (χ3v) is 7.02. The molecule has 0 aliphatic carbocycles. The summed E-state index contributed by atoms with van der Waals surface area (Å²) in [4.78, 5) is 0. The Morgan fingerprint density at radius 3 is 0.600 bits per heavy atom. The number of nitriles is 6. The molecule has 0 spiro atoms. The molecule has 0 unspecified atom stereocenters. The average Bonchev–Trinajstić information content (AvgIpc) is 2.26. The first-order valence-electron chi connectivity index (χ1n) is 2.40. The van der Waals surface area contributed by atoms with Gasteiger partial charge in [0.15, 0.2) is 0 Å². The van der Waals surface area contributed by atoms with Crippen molar-refractivity contribution in [2.45, 2.75) is 0 Å². The first-order valence-corrected chi connectivity index (χ1v) is 7.62. The largest absolute Gasteiger partial charge is 0.369 e. The van der Waals surface area contributed by atoms with E-state index in [1.807, 2.05) is 0 Å². The third kappa shape index (κ3) is 1.37. The van der Waals surface area contributed by atoms with Crippen LogP contribution in [0, 0.1) is 59.6 Å². The van der Waals surface area contributed by atoms with Crippen LogP contribution in [0.25, 0.3) is 0 Å². The van der Waals surface area contributed by atoms with Crippen LogP contribution in [0.3, 0.4) is 0 Å². The van der Waals surface area contributed by atoms with Crippen molar-refractivity contribution in [1.29, 1.82) is 31.6 Å². The van der Waals surface area contributed by atoms with Crippen LogP contribution >= 0.6 is 0 Å². The second-order valence-electron chi connectivity index (χ2n) is 1.80. The van der Waals surface area contributed by atoms with Crippen molar-refractivity contribution < 1.29 is 12.4 Å². The van der Waals surface area contributed by atoms with E-state index in [4.69, 9.17) is 31.6 Å². The van der Waals surface area contributed by atoms with Crippen molar-refractivity contribution >= 4 is 0 Å². The maximum Gasteiger partial charge on any atom is -0.369 e. The molecule has 0 saturated heterocycles. The van der Waals surface area contributed by atoms with Crippen LogP contribution in [-0.2, 0) is 12.4 Å². The molecule has 9 heteroatoms. The normalized spacial score (nSPS) is 11.6. The standard InChI is InChI=1S/6CN.2H3N.Ru/c6*1-2;;;/h;;;;;;2*1H3;/q;;;;;;;;-2/p+2. The Morgan fingerprint density at radius 2 is 0.600 bits per heavy atom.